The highest BCUT2D eigenvalue weighted by atomic mass is 35.5. The Labute approximate surface area is 154 Å². The number of hydrogen-bond donors (Lipinski definition) is 1. The van der Waals surface area contributed by atoms with Crippen molar-refractivity contribution in [3.63, 3.8) is 0 Å². The Kier molecular flexibility index (Phi) is 6.43. The maximum Gasteiger partial charge on any atom is 0.249 e. The summed E-state index contributed by atoms with van der Waals surface area (Å²) in [6.45, 7) is 1.67. The zero-order chi connectivity index (χ0) is 17.2. The fourth-order valence-corrected chi connectivity index (χ4v) is 3.52. The summed E-state index contributed by atoms with van der Waals surface area (Å²) >= 11 is 0. The number of ether oxygens (including phenoxy) is 1. The first-order chi connectivity index (χ1) is 11.5. The number of rotatable bonds is 3. The third-order valence-corrected chi connectivity index (χ3v) is 5.08. The number of amides is 2. The second-order valence-electron chi connectivity index (χ2n) is 6.67. The van der Waals surface area contributed by atoms with Gasteiger partial charge < -0.3 is 20.3 Å². The van der Waals surface area contributed by atoms with E-state index in [4.69, 9.17) is 10.5 Å². The summed E-state index contributed by atoms with van der Waals surface area (Å²) in [5.74, 6) is -0.182. The lowest BCUT2D eigenvalue weighted by molar-refractivity contribution is -0.146. The van der Waals surface area contributed by atoms with E-state index in [0.29, 0.717) is 39.0 Å². The van der Waals surface area contributed by atoms with Gasteiger partial charge in [0.2, 0.25) is 11.8 Å². The highest BCUT2D eigenvalue weighted by molar-refractivity contribution is 6.00. The lowest BCUT2D eigenvalue weighted by Gasteiger charge is -2.41. The van der Waals surface area contributed by atoms with Gasteiger partial charge in [0.25, 0.3) is 0 Å². The van der Waals surface area contributed by atoms with Crippen molar-refractivity contribution >= 4 is 29.9 Å². The summed E-state index contributed by atoms with van der Waals surface area (Å²) in [4.78, 5) is 29.1. The summed E-state index contributed by atoms with van der Waals surface area (Å²) in [5.41, 5.74) is 6.27. The van der Waals surface area contributed by atoms with Crippen LogP contribution < -0.4 is 10.6 Å². The number of carbonyl (C=O) groups is 2. The molecule has 0 aliphatic carbocycles. The molecular formula is C18H26ClN3O3. The zero-order valence-corrected chi connectivity index (χ0v) is 15.3. The summed E-state index contributed by atoms with van der Waals surface area (Å²) in [5, 5.41) is 0. The first-order valence-corrected chi connectivity index (χ1v) is 8.53. The predicted molar refractivity (Wildman–Crippen MR) is 98.8 cm³/mol. The number of hydrogen-bond acceptors (Lipinski definition) is 4. The van der Waals surface area contributed by atoms with E-state index in [-0.39, 0.29) is 24.2 Å². The number of piperidine rings is 1. The van der Waals surface area contributed by atoms with E-state index in [9.17, 15) is 9.59 Å². The van der Waals surface area contributed by atoms with Crippen LogP contribution in [0.3, 0.4) is 0 Å². The molecule has 2 heterocycles. The van der Waals surface area contributed by atoms with E-state index in [2.05, 4.69) is 0 Å². The minimum absolute atomic E-state index is 0. The van der Waals surface area contributed by atoms with Crippen molar-refractivity contribution in [2.24, 2.45) is 5.73 Å². The topological polar surface area (TPSA) is 75.9 Å². The summed E-state index contributed by atoms with van der Waals surface area (Å²) in [7, 11) is 1.70. The van der Waals surface area contributed by atoms with Gasteiger partial charge in [-0.25, -0.2) is 0 Å². The second-order valence-corrected chi connectivity index (χ2v) is 6.67. The van der Waals surface area contributed by atoms with Gasteiger partial charge in [0, 0.05) is 32.5 Å². The van der Waals surface area contributed by atoms with E-state index in [1.807, 2.05) is 30.3 Å². The molecule has 1 aromatic rings. The molecule has 0 spiro atoms. The van der Waals surface area contributed by atoms with Crippen LogP contribution >= 0.6 is 12.4 Å². The number of nitrogens with two attached hydrogens (primary N) is 1. The molecule has 2 amide bonds. The van der Waals surface area contributed by atoms with Crippen molar-refractivity contribution in [1.29, 1.82) is 0 Å². The lowest BCUT2D eigenvalue weighted by atomic mass is 9.88. The molecule has 1 atom stereocenters. The summed E-state index contributed by atoms with van der Waals surface area (Å²) in [6, 6.07) is 9.15. The molecule has 1 aromatic carbocycles. The average Bonchev–Trinajstić information content (AvgIpc) is 2.62. The van der Waals surface area contributed by atoms with Gasteiger partial charge in [0.15, 0.2) is 0 Å². The second kappa shape index (κ2) is 8.17. The van der Waals surface area contributed by atoms with Gasteiger partial charge in [0.05, 0.1) is 5.54 Å². The number of carbonyl (C=O) groups excluding carboxylic acids is 2. The molecule has 2 aliphatic rings. The van der Waals surface area contributed by atoms with Crippen molar-refractivity contribution in [2.75, 3.05) is 31.7 Å². The van der Waals surface area contributed by atoms with Gasteiger partial charge in [-0.3, -0.25) is 9.59 Å². The molecule has 0 aromatic heterocycles. The first-order valence-electron chi connectivity index (χ1n) is 8.53. The largest absolute Gasteiger partial charge is 0.381 e. The van der Waals surface area contributed by atoms with Crippen molar-refractivity contribution in [2.45, 2.75) is 37.3 Å². The molecule has 138 valence electrons. The Morgan fingerprint density at radius 3 is 2.56 bits per heavy atom. The van der Waals surface area contributed by atoms with Gasteiger partial charge in [0.1, 0.15) is 6.04 Å². The Bertz CT molecular complexity index is 605. The van der Waals surface area contributed by atoms with Crippen LogP contribution in [-0.4, -0.2) is 55.1 Å². The summed E-state index contributed by atoms with van der Waals surface area (Å²) < 4.78 is 5.31. The number of anilines is 1. The third-order valence-electron chi connectivity index (χ3n) is 5.08. The average molecular weight is 368 g/mol. The van der Waals surface area contributed by atoms with E-state index >= 15 is 0 Å². The quantitative estimate of drug-likeness (QED) is 0.879. The van der Waals surface area contributed by atoms with Crippen LogP contribution in [0.4, 0.5) is 5.69 Å². The molecule has 6 nitrogen and oxygen atoms in total. The normalized spacial score (nSPS) is 22.9. The minimum Gasteiger partial charge on any atom is -0.381 e. The first kappa shape index (κ1) is 19.7. The number of halogens is 1. The van der Waals surface area contributed by atoms with Gasteiger partial charge in [-0.1, -0.05) is 18.2 Å². The lowest BCUT2D eigenvalue weighted by Crippen LogP contribution is -2.62. The smallest absolute Gasteiger partial charge is 0.249 e. The number of nitrogens with zero attached hydrogens (tertiary/aromatic N) is 2. The van der Waals surface area contributed by atoms with Gasteiger partial charge in [-0.15, -0.1) is 12.4 Å². The van der Waals surface area contributed by atoms with Crippen LogP contribution in [0, 0.1) is 0 Å². The molecule has 2 aliphatic heterocycles. The molecule has 2 N–H and O–H groups in total. The molecule has 25 heavy (non-hydrogen) atoms. The number of likely N-dealkylation sites (N-methyl/N-ethyl adjacent to an activating group) is 1. The van der Waals surface area contributed by atoms with Crippen LogP contribution in [0.2, 0.25) is 0 Å². The van der Waals surface area contributed by atoms with Crippen LogP contribution in [-0.2, 0) is 14.3 Å². The highest BCUT2D eigenvalue weighted by Gasteiger charge is 2.42. The van der Waals surface area contributed by atoms with Crippen molar-refractivity contribution in [1.82, 2.24) is 4.90 Å². The molecule has 2 saturated heterocycles. The zero-order valence-electron chi connectivity index (χ0n) is 14.5. The molecule has 3 rings (SSSR count). The van der Waals surface area contributed by atoms with Crippen LogP contribution in [0.5, 0.6) is 0 Å². The van der Waals surface area contributed by atoms with Crippen molar-refractivity contribution in [3.8, 4) is 0 Å². The molecule has 2 fully saturated rings. The standard InChI is InChI=1S/C18H25N3O3.ClH/c1-20(17(23)18(19)9-12-24-13-10-18)15-8-5-11-21(16(15)22)14-6-3-2-4-7-14;/h2-4,6-7,15H,5,8-13,19H2,1H3;1H. The molecule has 0 bridgehead atoms. The van der Waals surface area contributed by atoms with Gasteiger partial charge in [-0.05, 0) is 37.8 Å². The number of para-hydroxylation sites is 1. The molecule has 1 unspecified atom stereocenters. The van der Waals surface area contributed by atoms with E-state index in [1.165, 1.54) is 0 Å². The Balaban J connectivity index is 0.00000225. The van der Waals surface area contributed by atoms with Crippen LogP contribution in [0.15, 0.2) is 30.3 Å². The number of benzene rings is 1. The Morgan fingerprint density at radius 2 is 1.92 bits per heavy atom. The van der Waals surface area contributed by atoms with Crippen LogP contribution in [0.1, 0.15) is 25.7 Å². The maximum atomic E-state index is 12.9. The SMILES string of the molecule is CN(C(=O)C1(N)CCOCC1)C1CCCN(c2ccccc2)C1=O.Cl. The fourth-order valence-electron chi connectivity index (χ4n) is 3.52. The highest BCUT2D eigenvalue weighted by Crippen LogP contribution is 2.26. The summed E-state index contributed by atoms with van der Waals surface area (Å²) in [6.07, 6.45) is 2.54. The maximum absolute atomic E-state index is 12.9. The molecule has 7 heteroatoms. The molecule has 0 radical (unpaired) electrons. The molecular weight excluding hydrogens is 342 g/mol. The van der Waals surface area contributed by atoms with E-state index < -0.39 is 11.6 Å². The third kappa shape index (κ3) is 3.97. The fraction of sp³-hybridized carbons (Fsp3) is 0.556. The minimum atomic E-state index is -0.914. The molecule has 0 saturated carbocycles. The monoisotopic (exact) mass is 367 g/mol. The van der Waals surface area contributed by atoms with E-state index in [0.717, 1.165) is 12.1 Å². The Hall–Kier alpha value is -1.63. The van der Waals surface area contributed by atoms with Gasteiger partial charge in [-0.2, -0.15) is 0 Å². The Morgan fingerprint density at radius 1 is 1.28 bits per heavy atom. The predicted octanol–water partition coefficient (Wildman–Crippen LogP) is 1.57. The van der Waals surface area contributed by atoms with Crippen molar-refractivity contribution in [3.05, 3.63) is 30.3 Å². The van der Waals surface area contributed by atoms with Crippen LogP contribution in [0.25, 0.3) is 0 Å². The van der Waals surface area contributed by atoms with Gasteiger partial charge >= 0.3 is 0 Å². The van der Waals surface area contributed by atoms with Crippen molar-refractivity contribution < 1.29 is 14.3 Å². The van der Waals surface area contributed by atoms with E-state index in [1.54, 1.807) is 16.8 Å².